The highest BCUT2D eigenvalue weighted by atomic mass is 16.3. The first-order valence-corrected chi connectivity index (χ1v) is 20.4. The van der Waals surface area contributed by atoms with Gasteiger partial charge < -0.3 is 9.32 Å². The maximum Gasteiger partial charge on any atom is 0.136 e. The lowest BCUT2D eigenvalue weighted by Gasteiger charge is -2.29. The van der Waals surface area contributed by atoms with E-state index in [1.807, 2.05) is 0 Å². The van der Waals surface area contributed by atoms with Crippen molar-refractivity contribution in [1.82, 2.24) is 0 Å². The minimum atomic E-state index is -0.126. The number of fused-ring (bicyclic) bond motifs is 12. The maximum absolute atomic E-state index is 6.65. The third kappa shape index (κ3) is 4.60. The summed E-state index contributed by atoms with van der Waals surface area (Å²) in [6.07, 6.45) is 0. The van der Waals surface area contributed by atoms with Crippen LogP contribution in [0.5, 0.6) is 0 Å². The Morgan fingerprint density at radius 2 is 0.948 bits per heavy atom. The lowest BCUT2D eigenvalue weighted by Crippen LogP contribution is -2.17. The van der Waals surface area contributed by atoms with Crippen molar-refractivity contribution in [2.24, 2.45) is 0 Å². The number of rotatable bonds is 4. The van der Waals surface area contributed by atoms with Crippen LogP contribution >= 0.6 is 0 Å². The fourth-order valence-corrected chi connectivity index (χ4v) is 10.5. The fraction of sp³-hybridized carbons (Fsp3) is 0.107. The van der Waals surface area contributed by atoms with Crippen LogP contribution in [-0.4, -0.2) is 0 Å². The predicted octanol–water partition coefficient (Wildman–Crippen LogP) is 15.6. The number of benzene rings is 9. The lowest BCUT2D eigenvalue weighted by molar-refractivity contribution is 0.660. The second kappa shape index (κ2) is 11.8. The van der Waals surface area contributed by atoms with Crippen LogP contribution in [0.15, 0.2) is 180 Å². The second-order valence-electron chi connectivity index (χ2n) is 17.3. The van der Waals surface area contributed by atoms with Crippen molar-refractivity contribution in [1.29, 1.82) is 0 Å². The molecule has 0 fully saturated rings. The van der Waals surface area contributed by atoms with Gasteiger partial charge in [-0.3, -0.25) is 0 Å². The molecule has 0 bridgehead atoms. The largest absolute Gasteiger partial charge is 0.456 e. The van der Waals surface area contributed by atoms with Gasteiger partial charge in [-0.2, -0.15) is 0 Å². The second-order valence-corrected chi connectivity index (χ2v) is 17.3. The van der Waals surface area contributed by atoms with Crippen molar-refractivity contribution < 1.29 is 4.42 Å². The van der Waals surface area contributed by atoms with Crippen LogP contribution in [0.2, 0.25) is 0 Å². The smallest absolute Gasteiger partial charge is 0.136 e. The van der Waals surface area contributed by atoms with Gasteiger partial charge in [-0.25, -0.2) is 0 Å². The van der Waals surface area contributed by atoms with Gasteiger partial charge in [0.05, 0.1) is 0 Å². The molecule has 10 aromatic rings. The molecule has 0 spiro atoms. The Kier molecular flexibility index (Phi) is 6.78. The Morgan fingerprint density at radius 3 is 1.78 bits per heavy atom. The molecule has 0 aliphatic heterocycles. The Balaban J connectivity index is 1.08. The highest BCUT2D eigenvalue weighted by molar-refractivity contribution is 6.15. The van der Waals surface area contributed by atoms with E-state index in [9.17, 15) is 0 Å². The molecule has 2 nitrogen and oxygen atoms in total. The quantitative estimate of drug-likeness (QED) is 0.167. The van der Waals surface area contributed by atoms with E-state index in [4.69, 9.17) is 4.42 Å². The highest BCUT2D eigenvalue weighted by Gasteiger charge is 2.37. The minimum Gasteiger partial charge on any atom is -0.456 e. The van der Waals surface area contributed by atoms with E-state index in [0.29, 0.717) is 0 Å². The summed E-state index contributed by atoms with van der Waals surface area (Å²) in [5.74, 6) is 0. The van der Waals surface area contributed by atoms with Crippen molar-refractivity contribution in [3.05, 3.63) is 198 Å². The van der Waals surface area contributed by atoms with E-state index in [0.717, 1.165) is 39.0 Å². The molecule has 58 heavy (non-hydrogen) atoms. The zero-order chi connectivity index (χ0) is 38.9. The van der Waals surface area contributed by atoms with Gasteiger partial charge in [-0.15, -0.1) is 0 Å². The molecule has 0 N–H and O–H groups in total. The van der Waals surface area contributed by atoms with E-state index >= 15 is 0 Å². The van der Waals surface area contributed by atoms with Gasteiger partial charge in [0.15, 0.2) is 0 Å². The molecule has 0 unspecified atom stereocenters. The summed E-state index contributed by atoms with van der Waals surface area (Å²) in [6, 6.07) is 65.2. The van der Waals surface area contributed by atoms with Crippen molar-refractivity contribution in [2.45, 2.75) is 38.5 Å². The van der Waals surface area contributed by atoms with Gasteiger partial charge >= 0.3 is 0 Å². The van der Waals surface area contributed by atoms with E-state index in [1.165, 1.54) is 77.2 Å². The topological polar surface area (TPSA) is 16.4 Å². The first kappa shape index (κ1) is 33.3. The molecule has 0 amide bonds. The van der Waals surface area contributed by atoms with Crippen LogP contribution in [0.3, 0.4) is 0 Å². The third-order valence-electron chi connectivity index (χ3n) is 13.4. The molecule has 9 aromatic carbocycles. The number of hydrogen-bond acceptors (Lipinski definition) is 2. The molecule has 0 atom stereocenters. The molecule has 2 heteroatoms. The molecule has 276 valence electrons. The van der Waals surface area contributed by atoms with Gasteiger partial charge in [-0.1, -0.05) is 149 Å². The molecule has 1 heterocycles. The molecule has 0 saturated carbocycles. The minimum absolute atomic E-state index is 0.0707. The summed E-state index contributed by atoms with van der Waals surface area (Å²) < 4.78 is 6.65. The average Bonchev–Trinajstić information content (AvgIpc) is 3.83. The highest BCUT2D eigenvalue weighted by Crippen LogP contribution is 2.53. The fourth-order valence-electron chi connectivity index (χ4n) is 10.5. The van der Waals surface area contributed by atoms with Gasteiger partial charge in [0, 0.05) is 38.7 Å². The molecule has 0 radical (unpaired) electrons. The Bertz CT molecular complexity index is 3360. The lowest BCUT2D eigenvalue weighted by atomic mass is 9.82. The van der Waals surface area contributed by atoms with Crippen LogP contribution in [-0.2, 0) is 10.8 Å². The van der Waals surface area contributed by atoms with Crippen molar-refractivity contribution in [3.63, 3.8) is 0 Å². The van der Waals surface area contributed by atoms with E-state index in [1.54, 1.807) is 0 Å². The normalized spacial score (nSPS) is 14.5. The summed E-state index contributed by atoms with van der Waals surface area (Å²) in [4.78, 5) is 2.45. The molecule has 12 rings (SSSR count). The molecular weight excluding hydrogens is 703 g/mol. The summed E-state index contributed by atoms with van der Waals surface area (Å²) in [6.45, 7) is 9.42. The van der Waals surface area contributed by atoms with E-state index in [2.05, 4.69) is 209 Å². The monoisotopic (exact) mass is 743 g/mol. The first-order valence-electron chi connectivity index (χ1n) is 20.4. The Labute approximate surface area is 338 Å². The Hall–Kier alpha value is -6.90. The number of nitrogens with zero attached hydrogens (tertiary/aromatic N) is 1. The average molecular weight is 744 g/mol. The van der Waals surface area contributed by atoms with Crippen LogP contribution in [0.4, 0.5) is 17.1 Å². The summed E-state index contributed by atoms with van der Waals surface area (Å²) in [5, 5.41) is 7.26. The number of furan rings is 1. The molecule has 0 saturated heterocycles. The first-order chi connectivity index (χ1) is 28.3. The zero-order valence-corrected chi connectivity index (χ0v) is 33.1. The summed E-state index contributed by atoms with van der Waals surface area (Å²) in [7, 11) is 0. The maximum atomic E-state index is 6.65. The third-order valence-corrected chi connectivity index (χ3v) is 13.4. The predicted molar refractivity (Wildman–Crippen MR) is 244 cm³/mol. The standard InChI is InChI=1S/C56H41NO/c1-55(2)49-18-10-8-15-43(49)46-31-37(25-28-50(46)55)57(39-24-27-44-42-14-7-9-17-48(42)56(3,4)51(44)33-39)38-26-29-52-47(32-38)54-41(16-11-19-53(54)58-52)36-23-22-35-21-20-34-12-5-6-13-40(34)45(35)30-36/h5-33H,1-4H3. The van der Waals surface area contributed by atoms with E-state index in [-0.39, 0.29) is 10.8 Å². The number of hydrogen-bond donors (Lipinski definition) is 0. The Morgan fingerprint density at radius 1 is 0.362 bits per heavy atom. The van der Waals surface area contributed by atoms with Gasteiger partial charge in [-0.05, 0) is 132 Å². The zero-order valence-electron chi connectivity index (χ0n) is 33.1. The molecular formula is C56H41NO. The van der Waals surface area contributed by atoms with Crippen LogP contribution in [0.1, 0.15) is 49.9 Å². The number of anilines is 3. The van der Waals surface area contributed by atoms with Crippen LogP contribution in [0, 0.1) is 0 Å². The SMILES string of the molecule is CC1(C)c2ccccc2-c2cc(N(c3ccc4c(c3)C(C)(C)c3ccccc3-4)c3ccc4oc5cccc(-c6ccc7ccc8ccccc8c7c6)c5c4c3)ccc21. The summed E-state index contributed by atoms with van der Waals surface area (Å²) in [5.41, 5.74) is 18.0. The van der Waals surface area contributed by atoms with Gasteiger partial charge in [0.1, 0.15) is 11.2 Å². The molecule has 2 aliphatic carbocycles. The molecule has 2 aliphatic rings. The van der Waals surface area contributed by atoms with Gasteiger partial charge in [0.2, 0.25) is 0 Å². The van der Waals surface area contributed by atoms with Gasteiger partial charge in [0.25, 0.3) is 0 Å². The van der Waals surface area contributed by atoms with Crippen molar-refractivity contribution in [3.8, 4) is 33.4 Å². The van der Waals surface area contributed by atoms with E-state index < -0.39 is 0 Å². The van der Waals surface area contributed by atoms with Crippen LogP contribution < -0.4 is 4.90 Å². The van der Waals surface area contributed by atoms with Crippen molar-refractivity contribution in [2.75, 3.05) is 4.90 Å². The van der Waals surface area contributed by atoms with Crippen molar-refractivity contribution >= 4 is 60.5 Å². The van der Waals surface area contributed by atoms with Crippen LogP contribution in [0.25, 0.3) is 76.9 Å². The summed E-state index contributed by atoms with van der Waals surface area (Å²) >= 11 is 0. The molecule has 1 aromatic heterocycles.